The lowest BCUT2D eigenvalue weighted by atomic mass is 10.2. The summed E-state index contributed by atoms with van der Waals surface area (Å²) >= 11 is 11.7. The van der Waals surface area contributed by atoms with Crippen molar-refractivity contribution in [2.24, 2.45) is 7.05 Å². The van der Waals surface area contributed by atoms with E-state index in [9.17, 15) is 0 Å². The Morgan fingerprint density at radius 1 is 1.35 bits per heavy atom. The molecule has 0 aliphatic heterocycles. The molecule has 0 atom stereocenters. The number of halogens is 2. The number of nitrogens with zero attached hydrogens (tertiary/aromatic N) is 3. The van der Waals surface area contributed by atoms with Crippen molar-refractivity contribution in [2.75, 3.05) is 11.1 Å². The highest BCUT2D eigenvalue weighted by molar-refractivity contribution is 6.42. The van der Waals surface area contributed by atoms with Crippen LogP contribution in [0, 0.1) is 0 Å². The van der Waals surface area contributed by atoms with E-state index in [1.807, 2.05) is 7.05 Å². The Labute approximate surface area is 109 Å². The lowest BCUT2D eigenvalue weighted by Crippen LogP contribution is -2.04. The van der Waals surface area contributed by atoms with Crippen LogP contribution in [0.1, 0.15) is 5.82 Å². The molecule has 17 heavy (non-hydrogen) atoms. The average Bonchev–Trinajstić information content (AvgIpc) is 2.68. The van der Waals surface area contributed by atoms with E-state index in [2.05, 4.69) is 15.4 Å². The van der Waals surface area contributed by atoms with Gasteiger partial charge in [0.2, 0.25) is 0 Å². The minimum absolute atomic E-state index is 0.436. The Bertz CT molecular complexity index is 537. The van der Waals surface area contributed by atoms with Gasteiger partial charge in [0.05, 0.1) is 28.0 Å². The summed E-state index contributed by atoms with van der Waals surface area (Å²) in [6, 6.07) is 3.29. The molecule has 0 aliphatic carbocycles. The quantitative estimate of drug-likeness (QED) is 0.841. The Kier molecular flexibility index (Phi) is 3.40. The van der Waals surface area contributed by atoms with Gasteiger partial charge in [-0.25, -0.2) is 4.98 Å². The summed E-state index contributed by atoms with van der Waals surface area (Å²) in [5.74, 6) is 0.679. The van der Waals surface area contributed by atoms with Crippen LogP contribution < -0.4 is 11.1 Å². The first kappa shape index (κ1) is 12.0. The second-order valence-electron chi connectivity index (χ2n) is 3.54. The van der Waals surface area contributed by atoms with E-state index in [-0.39, 0.29) is 0 Å². The fourth-order valence-corrected chi connectivity index (χ4v) is 1.69. The van der Waals surface area contributed by atoms with Crippen molar-refractivity contribution in [3.63, 3.8) is 0 Å². The lowest BCUT2D eigenvalue weighted by Gasteiger charge is -2.09. The normalized spacial score (nSPS) is 10.5. The highest BCUT2D eigenvalue weighted by Gasteiger charge is 2.06. The highest BCUT2D eigenvalue weighted by atomic mass is 35.5. The largest absolute Gasteiger partial charge is 0.397 e. The molecule has 0 bridgehead atoms. The third-order valence-corrected chi connectivity index (χ3v) is 2.90. The number of anilines is 2. The van der Waals surface area contributed by atoms with E-state index >= 15 is 0 Å². The minimum Gasteiger partial charge on any atom is -0.397 e. The number of hydrogen-bond donors (Lipinski definition) is 2. The minimum atomic E-state index is 0.436. The summed E-state index contributed by atoms with van der Waals surface area (Å²) < 4.78 is 1.63. The summed E-state index contributed by atoms with van der Waals surface area (Å²) in [4.78, 5) is 4.09. The molecule has 7 heteroatoms. The van der Waals surface area contributed by atoms with Crippen LogP contribution in [-0.2, 0) is 13.6 Å². The molecule has 1 aromatic carbocycles. The van der Waals surface area contributed by atoms with E-state index in [1.165, 1.54) is 0 Å². The van der Waals surface area contributed by atoms with E-state index in [1.54, 1.807) is 23.1 Å². The SMILES string of the molecule is Cn1cnc(CNc2cc(Cl)c(Cl)cc2N)n1. The Morgan fingerprint density at radius 3 is 2.71 bits per heavy atom. The molecule has 0 saturated heterocycles. The predicted octanol–water partition coefficient (Wildman–Crippen LogP) is 2.32. The van der Waals surface area contributed by atoms with Crippen LogP contribution in [0.3, 0.4) is 0 Å². The zero-order chi connectivity index (χ0) is 12.4. The molecule has 2 rings (SSSR count). The molecule has 90 valence electrons. The summed E-state index contributed by atoms with van der Waals surface area (Å²) in [6.07, 6.45) is 1.63. The maximum Gasteiger partial charge on any atom is 0.169 e. The first-order valence-corrected chi connectivity index (χ1v) is 5.65. The Hall–Kier alpha value is -1.46. The maximum atomic E-state index is 5.91. The van der Waals surface area contributed by atoms with Gasteiger partial charge < -0.3 is 11.1 Å². The van der Waals surface area contributed by atoms with Gasteiger partial charge in [-0.2, -0.15) is 5.10 Å². The molecule has 5 nitrogen and oxygen atoms in total. The van der Waals surface area contributed by atoms with Crippen LogP contribution in [-0.4, -0.2) is 14.8 Å². The third-order valence-electron chi connectivity index (χ3n) is 2.18. The van der Waals surface area contributed by atoms with E-state index < -0.39 is 0 Å². The molecule has 0 unspecified atom stereocenters. The standard InChI is InChI=1S/C10H11Cl2N5/c1-17-5-15-10(16-17)4-14-9-3-7(12)6(11)2-8(9)13/h2-3,5,14H,4,13H2,1H3. The van der Waals surface area contributed by atoms with Crippen LogP contribution in [0.5, 0.6) is 0 Å². The van der Waals surface area contributed by atoms with Crippen molar-refractivity contribution in [2.45, 2.75) is 6.54 Å². The molecule has 0 aliphatic rings. The van der Waals surface area contributed by atoms with Crippen molar-refractivity contribution >= 4 is 34.6 Å². The predicted molar refractivity (Wildman–Crippen MR) is 69.2 cm³/mol. The molecule has 0 spiro atoms. The number of aryl methyl sites for hydroxylation is 1. The lowest BCUT2D eigenvalue weighted by molar-refractivity contribution is 0.747. The van der Waals surface area contributed by atoms with Crippen LogP contribution >= 0.6 is 23.2 Å². The van der Waals surface area contributed by atoms with Gasteiger partial charge in [0.25, 0.3) is 0 Å². The molecule has 0 fully saturated rings. The molecule has 0 radical (unpaired) electrons. The maximum absolute atomic E-state index is 5.91. The number of nitrogens with two attached hydrogens (primary N) is 1. The van der Waals surface area contributed by atoms with Crippen molar-refractivity contribution in [3.8, 4) is 0 Å². The van der Waals surface area contributed by atoms with Gasteiger partial charge in [-0.1, -0.05) is 23.2 Å². The van der Waals surface area contributed by atoms with Gasteiger partial charge in [0, 0.05) is 7.05 Å². The first-order chi connectivity index (χ1) is 8.06. The van der Waals surface area contributed by atoms with E-state index in [0.717, 1.165) is 0 Å². The van der Waals surface area contributed by atoms with Gasteiger partial charge in [-0.15, -0.1) is 0 Å². The highest BCUT2D eigenvalue weighted by Crippen LogP contribution is 2.30. The fraction of sp³-hybridized carbons (Fsp3) is 0.200. The molecule has 1 heterocycles. The van der Waals surface area contributed by atoms with Crippen molar-refractivity contribution in [1.82, 2.24) is 14.8 Å². The second-order valence-corrected chi connectivity index (χ2v) is 4.36. The smallest absolute Gasteiger partial charge is 0.169 e. The summed E-state index contributed by atoms with van der Waals surface area (Å²) in [5, 5.41) is 8.13. The van der Waals surface area contributed by atoms with Gasteiger partial charge >= 0.3 is 0 Å². The monoisotopic (exact) mass is 271 g/mol. The summed E-state index contributed by atoms with van der Waals surface area (Å²) in [7, 11) is 1.81. The van der Waals surface area contributed by atoms with Crippen LogP contribution in [0.2, 0.25) is 10.0 Å². The topological polar surface area (TPSA) is 68.8 Å². The number of nitrogen functional groups attached to an aromatic ring is 1. The van der Waals surface area contributed by atoms with Crippen molar-refractivity contribution in [1.29, 1.82) is 0 Å². The number of benzene rings is 1. The van der Waals surface area contributed by atoms with Gasteiger partial charge in [0.1, 0.15) is 6.33 Å². The fourth-order valence-electron chi connectivity index (χ4n) is 1.35. The molecule has 0 amide bonds. The molecule has 0 saturated carbocycles. The molecule has 1 aromatic heterocycles. The molecule has 2 aromatic rings. The van der Waals surface area contributed by atoms with Crippen LogP contribution in [0.15, 0.2) is 18.5 Å². The van der Waals surface area contributed by atoms with Crippen molar-refractivity contribution in [3.05, 3.63) is 34.3 Å². The number of nitrogens with one attached hydrogen (secondary N) is 1. The number of aromatic nitrogens is 3. The summed E-state index contributed by atoms with van der Waals surface area (Å²) in [6.45, 7) is 0.475. The molecular formula is C10H11Cl2N5. The van der Waals surface area contributed by atoms with E-state index in [0.29, 0.717) is 33.8 Å². The van der Waals surface area contributed by atoms with Gasteiger partial charge in [-0.3, -0.25) is 4.68 Å². The number of hydrogen-bond acceptors (Lipinski definition) is 4. The molecular weight excluding hydrogens is 261 g/mol. The second kappa shape index (κ2) is 4.81. The van der Waals surface area contributed by atoms with Crippen LogP contribution in [0.25, 0.3) is 0 Å². The Morgan fingerprint density at radius 2 is 2.06 bits per heavy atom. The van der Waals surface area contributed by atoms with Crippen molar-refractivity contribution < 1.29 is 0 Å². The van der Waals surface area contributed by atoms with Gasteiger partial charge in [-0.05, 0) is 12.1 Å². The average molecular weight is 272 g/mol. The summed E-state index contributed by atoms with van der Waals surface area (Å²) in [5.41, 5.74) is 7.06. The zero-order valence-electron chi connectivity index (χ0n) is 9.11. The zero-order valence-corrected chi connectivity index (χ0v) is 10.6. The Balaban J connectivity index is 2.11. The van der Waals surface area contributed by atoms with Gasteiger partial charge in [0.15, 0.2) is 5.82 Å². The van der Waals surface area contributed by atoms with E-state index in [4.69, 9.17) is 28.9 Å². The van der Waals surface area contributed by atoms with Crippen LogP contribution in [0.4, 0.5) is 11.4 Å². The number of rotatable bonds is 3. The molecule has 3 N–H and O–H groups in total. The third kappa shape index (κ3) is 2.81. The first-order valence-electron chi connectivity index (χ1n) is 4.89.